The van der Waals surface area contributed by atoms with Gasteiger partial charge in [0.25, 0.3) is 0 Å². The SMILES string of the molecule is COc1ccc([C@H]2O[C@H](c3ccc4c(c3)OCO4)[C@@H](C)[C@H]2C)cc1OC. The minimum Gasteiger partial charge on any atom is -0.493 e. The van der Waals surface area contributed by atoms with Crippen LogP contribution in [0, 0.1) is 11.8 Å². The van der Waals surface area contributed by atoms with Gasteiger partial charge in [-0.05, 0) is 47.2 Å². The fourth-order valence-electron chi connectivity index (χ4n) is 3.84. The van der Waals surface area contributed by atoms with Gasteiger partial charge < -0.3 is 23.7 Å². The zero-order chi connectivity index (χ0) is 18.3. The Morgan fingerprint density at radius 2 is 1.38 bits per heavy atom. The van der Waals surface area contributed by atoms with E-state index in [-0.39, 0.29) is 19.0 Å². The van der Waals surface area contributed by atoms with Crippen LogP contribution < -0.4 is 18.9 Å². The molecule has 0 aromatic heterocycles. The fraction of sp³-hybridized carbons (Fsp3) is 0.429. The van der Waals surface area contributed by atoms with Crippen molar-refractivity contribution in [3.63, 3.8) is 0 Å². The van der Waals surface area contributed by atoms with Crippen molar-refractivity contribution in [2.24, 2.45) is 11.8 Å². The molecule has 0 aliphatic carbocycles. The van der Waals surface area contributed by atoms with Crippen LogP contribution in [-0.4, -0.2) is 21.0 Å². The van der Waals surface area contributed by atoms with Crippen LogP contribution in [0.15, 0.2) is 36.4 Å². The Bertz CT molecular complexity index is 803. The summed E-state index contributed by atoms with van der Waals surface area (Å²) in [6.07, 6.45) is 0.0119. The van der Waals surface area contributed by atoms with Crippen LogP contribution in [0.1, 0.15) is 37.2 Å². The summed E-state index contributed by atoms with van der Waals surface area (Å²) >= 11 is 0. The van der Waals surface area contributed by atoms with Crippen LogP contribution in [0.4, 0.5) is 0 Å². The van der Waals surface area contributed by atoms with Crippen molar-refractivity contribution in [3.8, 4) is 23.0 Å². The molecular formula is C21H24O5. The molecule has 0 amide bonds. The molecule has 0 radical (unpaired) electrons. The van der Waals surface area contributed by atoms with Gasteiger partial charge in [0.15, 0.2) is 23.0 Å². The summed E-state index contributed by atoms with van der Waals surface area (Å²) in [6.45, 7) is 4.75. The van der Waals surface area contributed by atoms with Gasteiger partial charge in [-0.1, -0.05) is 26.0 Å². The number of rotatable bonds is 4. The summed E-state index contributed by atoms with van der Waals surface area (Å²) in [7, 11) is 3.29. The predicted octanol–water partition coefficient (Wildman–Crippen LogP) is 4.52. The summed E-state index contributed by atoms with van der Waals surface area (Å²) in [5, 5.41) is 0. The summed E-state index contributed by atoms with van der Waals surface area (Å²) in [5.41, 5.74) is 2.22. The highest BCUT2D eigenvalue weighted by Gasteiger charge is 2.41. The van der Waals surface area contributed by atoms with Gasteiger partial charge in [0.05, 0.1) is 26.4 Å². The molecule has 5 nitrogen and oxygen atoms in total. The molecule has 0 unspecified atom stereocenters. The first-order chi connectivity index (χ1) is 12.6. The van der Waals surface area contributed by atoms with Gasteiger partial charge in [0, 0.05) is 0 Å². The molecule has 2 aromatic rings. The zero-order valence-corrected chi connectivity index (χ0v) is 15.5. The molecule has 2 aliphatic rings. The molecule has 138 valence electrons. The maximum absolute atomic E-state index is 6.50. The summed E-state index contributed by atoms with van der Waals surface area (Å²) in [5.74, 6) is 3.77. The summed E-state index contributed by atoms with van der Waals surface area (Å²) < 4.78 is 28.2. The largest absolute Gasteiger partial charge is 0.493 e. The van der Waals surface area contributed by atoms with Gasteiger partial charge in [0.2, 0.25) is 6.79 Å². The van der Waals surface area contributed by atoms with Crippen molar-refractivity contribution < 1.29 is 23.7 Å². The maximum atomic E-state index is 6.50. The average molecular weight is 356 g/mol. The fourth-order valence-corrected chi connectivity index (χ4v) is 3.84. The van der Waals surface area contributed by atoms with E-state index in [1.54, 1.807) is 14.2 Å². The third-order valence-electron chi connectivity index (χ3n) is 5.54. The smallest absolute Gasteiger partial charge is 0.231 e. The van der Waals surface area contributed by atoms with E-state index in [0.717, 1.165) is 34.1 Å². The maximum Gasteiger partial charge on any atom is 0.231 e. The highest BCUT2D eigenvalue weighted by Crippen LogP contribution is 2.50. The van der Waals surface area contributed by atoms with E-state index in [9.17, 15) is 0 Å². The van der Waals surface area contributed by atoms with E-state index >= 15 is 0 Å². The molecule has 1 fully saturated rings. The Morgan fingerprint density at radius 3 is 2.08 bits per heavy atom. The van der Waals surface area contributed by atoms with Gasteiger partial charge in [0.1, 0.15) is 0 Å². The molecule has 4 rings (SSSR count). The van der Waals surface area contributed by atoms with Crippen molar-refractivity contribution in [1.29, 1.82) is 0 Å². The lowest BCUT2D eigenvalue weighted by Gasteiger charge is -2.18. The molecule has 2 aliphatic heterocycles. The predicted molar refractivity (Wildman–Crippen MR) is 97.0 cm³/mol. The monoisotopic (exact) mass is 356 g/mol. The molecule has 2 aromatic carbocycles. The number of hydrogen-bond donors (Lipinski definition) is 0. The van der Waals surface area contributed by atoms with Gasteiger partial charge in [-0.25, -0.2) is 0 Å². The van der Waals surface area contributed by atoms with Crippen LogP contribution in [0.2, 0.25) is 0 Å². The van der Waals surface area contributed by atoms with E-state index < -0.39 is 0 Å². The molecule has 0 spiro atoms. The number of methoxy groups -OCH3 is 2. The molecule has 0 saturated carbocycles. The summed E-state index contributed by atoms with van der Waals surface area (Å²) in [4.78, 5) is 0. The number of benzene rings is 2. The molecular weight excluding hydrogens is 332 g/mol. The molecule has 1 saturated heterocycles. The molecule has 5 heteroatoms. The number of fused-ring (bicyclic) bond motifs is 1. The molecule has 0 N–H and O–H groups in total. The van der Waals surface area contributed by atoms with Gasteiger partial charge in [-0.15, -0.1) is 0 Å². The molecule has 0 bridgehead atoms. The van der Waals surface area contributed by atoms with Crippen LogP contribution in [0.3, 0.4) is 0 Å². The van der Waals surface area contributed by atoms with E-state index in [1.165, 1.54) is 0 Å². The van der Waals surface area contributed by atoms with Crippen LogP contribution >= 0.6 is 0 Å². The van der Waals surface area contributed by atoms with Gasteiger partial charge in [-0.3, -0.25) is 0 Å². The van der Waals surface area contributed by atoms with Gasteiger partial charge in [-0.2, -0.15) is 0 Å². The normalized spacial score (nSPS) is 26.8. The highest BCUT2D eigenvalue weighted by atomic mass is 16.7. The van der Waals surface area contributed by atoms with Crippen molar-refractivity contribution in [3.05, 3.63) is 47.5 Å². The van der Waals surface area contributed by atoms with Crippen molar-refractivity contribution in [2.75, 3.05) is 21.0 Å². The van der Waals surface area contributed by atoms with E-state index in [2.05, 4.69) is 26.0 Å². The Morgan fingerprint density at radius 1 is 0.769 bits per heavy atom. The third kappa shape index (κ3) is 2.76. The van der Waals surface area contributed by atoms with E-state index in [4.69, 9.17) is 23.7 Å². The second kappa shape index (κ2) is 6.72. The first-order valence-corrected chi connectivity index (χ1v) is 8.89. The molecule has 4 atom stereocenters. The Labute approximate surface area is 153 Å². The van der Waals surface area contributed by atoms with E-state index in [0.29, 0.717) is 11.8 Å². The lowest BCUT2D eigenvalue weighted by atomic mass is 9.85. The van der Waals surface area contributed by atoms with Crippen LogP contribution in [0.5, 0.6) is 23.0 Å². The summed E-state index contributed by atoms with van der Waals surface area (Å²) in [6, 6.07) is 12.1. The van der Waals surface area contributed by atoms with Crippen molar-refractivity contribution in [2.45, 2.75) is 26.1 Å². The Hall–Kier alpha value is -2.40. The minimum atomic E-state index is 0.000212. The minimum absolute atomic E-state index is 0.000212. The quantitative estimate of drug-likeness (QED) is 0.806. The van der Waals surface area contributed by atoms with E-state index in [1.807, 2.05) is 24.3 Å². The topological polar surface area (TPSA) is 46.2 Å². The Kier molecular flexibility index (Phi) is 4.41. The first-order valence-electron chi connectivity index (χ1n) is 8.89. The lowest BCUT2D eigenvalue weighted by Crippen LogP contribution is -2.10. The lowest BCUT2D eigenvalue weighted by molar-refractivity contribution is 0.0288. The van der Waals surface area contributed by atoms with Gasteiger partial charge >= 0.3 is 0 Å². The zero-order valence-electron chi connectivity index (χ0n) is 15.5. The number of ether oxygens (including phenoxy) is 5. The first kappa shape index (κ1) is 17.0. The van der Waals surface area contributed by atoms with Crippen molar-refractivity contribution >= 4 is 0 Å². The van der Waals surface area contributed by atoms with Crippen molar-refractivity contribution in [1.82, 2.24) is 0 Å². The van der Waals surface area contributed by atoms with Crippen LogP contribution in [-0.2, 0) is 4.74 Å². The number of hydrogen-bond acceptors (Lipinski definition) is 5. The standard InChI is InChI=1S/C21H24O5/c1-12-13(2)21(15-6-8-17-19(10-15)25-11-24-17)26-20(12)14-5-7-16(22-3)18(9-14)23-4/h5-10,12-13,20-21H,11H2,1-4H3/t12-,13+,20+,21+/m1/s1. The second-order valence-electron chi connectivity index (χ2n) is 6.92. The molecule has 26 heavy (non-hydrogen) atoms. The third-order valence-corrected chi connectivity index (χ3v) is 5.54. The second-order valence-corrected chi connectivity index (χ2v) is 6.92. The van der Waals surface area contributed by atoms with Crippen LogP contribution in [0.25, 0.3) is 0 Å². The molecule has 2 heterocycles. The highest BCUT2D eigenvalue weighted by molar-refractivity contribution is 5.46. The average Bonchev–Trinajstić information content (AvgIpc) is 3.25. The Balaban J connectivity index is 1.62.